The molecule has 1 saturated heterocycles. The summed E-state index contributed by atoms with van der Waals surface area (Å²) in [7, 11) is 0. The third kappa shape index (κ3) is 2.23. The lowest BCUT2D eigenvalue weighted by Crippen LogP contribution is -2.55. The van der Waals surface area contributed by atoms with Crippen molar-refractivity contribution < 1.29 is 9.90 Å². The molecule has 2 fully saturated rings. The largest absolute Gasteiger partial charge is 0.394 e. The molecule has 0 bridgehead atoms. The highest BCUT2D eigenvalue weighted by Gasteiger charge is 2.35. The maximum atomic E-state index is 11.2. The molecule has 86 valence electrons. The predicted octanol–water partition coefficient (Wildman–Crippen LogP) is -0.484. The average molecular weight is 213 g/mol. The second-order valence-corrected chi connectivity index (χ2v) is 4.44. The SMILES string of the molecule is O=C1NCCN1CCNC1(CO)CCC1. The van der Waals surface area contributed by atoms with Gasteiger partial charge in [0.25, 0.3) is 0 Å². The fraction of sp³-hybridized carbons (Fsp3) is 0.900. The Morgan fingerprint density at radius 3 is 2.80 bits per heavy atom. The van der Waals surface area contributed by atoms with Crippen LogP contribution in [0.15, 0.2) is 0 Å². The second kappa shape index (κ2) is 4.37. The summed E-state index contributed by atoms with van der Waals surface area (Å²) in [6, 6.07) is 0.0310. The number of amides is 2. The molecule has 2 aliphatic rings. The zero-order valence-electron chi connectivity index (χ0n) is 8.96. The summed E-state index contributed by atoms with van der Waals surface area (Å²) in [4.78, 5) is 13.0. The molecule has 0 aromatic heterocycles. The van der Waals surface area contributed by atoms with Crippen molar-refractivity contribution in [3.05, 3.63) is 0 Å². The van der Waals surface area contributed by atoms with Crippen LogP contribution in [0.4, 0.5) is 4.79 Å². The van der Waals surface area contributed by atoms with E-state index in [1.54, 1.807) is 4.90 Å². The Morgan fingerprint density at radius 1 is 1.53 bits per heavy atom. The van der Waals surface area contributed by atoms with Crippen LogP contribution < -0.4 is 10.6 Å². The molecule has 0 radical (unpaired) electrons. The lowest BCUT2D eigenvalue weighted by Gasteiger charge is -2.41. The van der Waals surface area contributed by atoms with Gasteiger partial charge in [0.2, 0.25) is 0 Å². The van der Waals surface area contributed by atoms with Crippen molar-refractivity contribution in [1.29, 1.82) is 0 Å². The van der Waals surface area contributed by atoms with E-state index in [4.69, 9.17) is 0 Å². The minimum absolute atomic E-state index is 0.0310. The molecular weight excluding hydrogens is 194 g/mol. The molecule has 1 aliphatic carbocycles. The van der Waals surface area contributed by atoms with E-state index in [1.807, 2.05) is 0 Å². The van der Waals surface area contributed by atoms with Gasteiger partial charge in [-0.1, -0.05) is 0 Å². The topological polar surface area (TPSA) is 64.6 Å². The molecule has 1 aliphatic heterocycles. The Hall–Kier alpha value is -0.810. The Balaban J connectivity index is 1.68. The van der Waals surface area contributed by atoms with Crippen LogP contribution >= 0.6 is 0 Å². The Bertz CT molecular complexity index is 235. The van der Waals surface area contributed by atoms with E-state index in [0.717, 1.165) is 39.0 Å². The molecule has 0 aromatic rings. The molecule has 5 heteroatoms. The number of nitrogens with zero attached hydrogens (tertiary/aromatic N) is 1. The molecule has 0 spiro atoms. The van der Waals surface area contributed by atoms with Crippen molar-refractivity contribution in [3.63, 3.8) is 0 Å². The molecule has 2 rings (SSSR count). The highest BCUT2D eigenvalue weighted by molar-refractivity contribution is 5.76. The summed E-state index contributed by atoms with van der Waals surface area (Å²) < 4.78 is 0. The highest BCUT2D eigenvalue weighted by atomic mass is 16.3. The highest BCUT2D eigenvalue weighted by Crippen LogP contribution is 2.30. The molecule has 0 atom stereocenters. The molecule has 2 amide bonds. The summed E-state index contributed by atoms with van der Waals surface area (Å²) in [5.41, 5.74) is -0.0454. The molecule has 3 N–H and O–H groups in total. The van der Waals surface area contributed by atoms with Gasteiger partial charge in [0.05, 0.1) is 6.61 Å². The van der Waals surface area contributed by atoms with Crippen LogP contribution in [-0.2, 0) is 0 Å². The number of urea groups is 1. The minimum atomic E-state index is -0.0454. The van der Waals surface area contributed by atoms with Crippen LogP contribution in [0.2, 0.25) is 0 Å². The van der Waals surface area contributed by atoms with Gasteiger partial charge in [-0.3, -0.25) is 0 Å². The summed E-state index contributed by atoms with van der Waals surface area (Å²) in [6.07, 6.45) is 3.29. The van der Waals surface area contributed by atoms with E-state index in [-0.39, 0.29) is 18.2 Å². The Morgan fingerprint density at radius 2 is 2.33 bits per heavy atom. The standard InChI is InChI=1S/C10H19N3O2/c14-8-10(2-1-3-10)12-5-7-13-6-4-11-9(13)15/h12,14H,1-8H2,(H,11,15). The van der Waals surface area contributed by atoms with Gasteiger partial charge in [0, 0.05) is 31.7 Å². The number of aliphatic hydroxyl groups excluding tert-OH is 1. The van der Waals surface area contributed by atoms with E-state index in [0.29, 0.717) is 0 Å². The van der Waals surface area contributed by atoms with Gasteiger partial charge >= 0.3 is 6.03 Å². The molecule has 0 unspecified atom stereocenters. The van der Waals surface area contributed by atoms with Crippen LogP contribution in [0.5, 0.6) is 0 Å². The first kappa shape index (κ1) is 10.7. The minimum Gasteiger partial charge on any atom is -0.394 e. The number of rotatable bonds is 5. The molecule has 5 nitrogen and oxygen atoms in total. The van der Waals surface area contributed by atoms with Gasteiger partial charge in [-0.05, 0) is 19.3 Å². The van der Waals surface area contributed by atoms with Gasteiger partial charge in [-0.25, -0.2) is 4.79 Å². The van der Waals surface area contributed by atoms with Crippen molar-refractivity contribution >= 4 is 6.03 Å². The number of hydrogen-bond acceptors (Lipinski definition) is 3. The molecule has 1 heterocycles. The third-order valence-electron chi connectivity index (χ3n) is 3.44. The maximum absolute atomic E-state index is 11.2. The average Bonchev–Trinajstić information content (AvgIpc) is 2.57. The maximum Gasteiger partial charge on any atom is 0.317 e. The van der Waals surface area contributed by atoms with E-state index in [9.17, 15) is 9.90 Å². The first-order valence-corrected chi connectivity index (χ1v) is 5.64. The monoisotopic (exact) mass is 213 g/mol. The van der Waals surface area contributed by atoms with E-state index in [1.165, 1.54) is 6.42 Å². The molecule has 0 aromatic carbocycles. The lowest BCUT2D eigenvalue weighted by atomic mass is 9.77. The van der Waals surface area contributed by atoms with Crippen molar-refractivity contribution in [3.8, 4) is 0 Å². The number of nitrogens with one attached hydrogen (secondary N) is 2. The van der Waals surface area contributed by atoms with E-state index >= 15 is 0 Å². The zero-order chi connectivity index (χ0) is 10.7. The fourth-order valence-corrected chi connectivity index (χ4v) is 2.17. The lowest BCUT2D eigenvalue weighted by molar-refractivity contribution is 0.0872. The Kier molecular flexibility index (Phi) is 3.11. The van der Waals surface area contributed by atoms with Crippen LogP contribution in [-0.4, -0.2) is 54.4 Å². The second-order valence-electron chi connectivity index (χ2n) is 4.44. The summed E-state index contributed by atoms with van der Waals surface area (Å²) in [5.74, 6) is 0. The van der Waals surface area contributed by atoms with Gasteiger partial charge in [-0.15, -0.1) is 0 Å². The van der Waals surface area contributed by atoms with Gasteiger partial charge in [0.15, 0.2) is 0 Å². The number of hydrogen-bond donors (Lipinski definition) is 3. The van der Waals surface area contributed by atoms with Crippen LogP contribution in [0.3, 0.4) is 0 Å². The first-order valence-electron chi connectivity index (χ1n) is 5.64. The van der Waals surface area contributed by atoms with Crippen molar-refractivity contribution in [2.24, 2.45) is 0 Å². The predicted molar refractivity (Wildman–Crippen MR) is 56.6 cm³/mol. The van der Waals surface area contributed by atoms with Gasteiger partial charge in [0.1, 0.15) is 0 Å². The van der Waals surface area contributed by atoms with Crippen LogP contribution in [0.25, 0.3) is 0 Å². The number of carbonyl (C=O) groups excluding carboxylic acids is 1. The normalized spacial score (nSPS) is 23.8. The smallest absolute Gasteiger partial charge is 0.317 e. The number of carbonyl (C=O) groups is 1. The summed E-state index contributed by atoms with van der Waals surface area (Å²) >= 11 is 0. The molecule has 1 saturated carbocycles. The molecule has 15 heavy (non-hydrogen) atoms. The van der Waals surface area contributed by atoms with Crippen LogP contribution in [0.1, 0.15) is 19.3 Å². The molecular formula is C10H19N3O2. The van der Waals surface area contributed by atoms with Gasteiger partial charge in [-0.2, -0.15) is 0 Å². The quantitative estimate of drug-likeness (QED) is 0.578. The first-order chi connectivity index (χ1) is 7.26. The third-order valence-corrected chi connectivity index (χ3v) is 3.44. The number of aliphatic hydroxyl groups is 1. The van der Waals surface area contributed by atoms with E-state index in [2.05, 4.69) is 10.6 Å². The summed E-state index contributed by atoms with van der Waals surface area (Å²) in [5, 5.41) is 15.4. The van der Waals surface area contributed by atoms with Crippen molar-refractivity contribution in [2.45, 2.75) is 24.8 Å². The van der Waals surface area contributed by atoms with Crippen LogP contribution in [0, 0.1) is 0 Å². The van der Waals surface area contributed by atoms with E-state index < -0.39 is 0 Å². The zero-order valence-corrected chi connectivity index (χ0v) is 8.96. The summed E-state index contributed by atoms with van der Waals surface area (Å²) in [6.45, 7) is 3.26. The van der Waals surface area contributed by atoms with Gasteiger partial charge < -0.3 is 20.6 Å². The Labute approximate surface area is 89.8 Å². The van der Waals surface area contributed by atoms with Crippen molar-refractivity contribution in [1.82, 2.24) is 15.5 Å². The van der Waals surface area contributed by atoms with Crippen molar-refractivity contribution in [2.75, 3.05) is 32.8 Å². The fourth-order valence-electron chi connectivity index (χ4n) is 2.17.